The summed E-state index contributed by atoms with van der Waals surface area (Å²) >= 11 is 3.43. The molecule has 1 N–H and O–H groups in total. The lowest BCUT2D eigenvalue weighted by Crippen LogP contribution is -1.73. The summed E-state index contributed by atoms with van der Waals surface area (Å²) in [5.41, 5.74) is 1.66. The molecule has 0 bridgehead atoms. The van der Waals surface area contributed by atoms with Gasteiger partial charge in [-0.2, -0.15) is 5.26 Å². The van der Waals surface area contributed by atoms with E-state index in [1.807, 2.05) is 25.1 Å². The van der Waals surface area contributed by atoms with Crippen LogP contribution in [-0.4, -0.2) is 4.98 Å². The predicted octanol–water partition coefficient (Wildman–Crippen LogP) is 3.11. The molecule has 0 amide bonds. The molecule has 2 rings (SSSR count). The van der Waals surface area contributed by atoms with E-state index in [1.54, 1.807) is 0 Å². The number of aromatic nitrogens is 1. The summed E-state index contributed by atoms with van der Waals surface area (Å²) < 4.78 is 0.964. The second-order valence-corrected chi connectivity index (χ2v) is 3.75. The van der Waals surface area contributed by atoms with Gasteiger partial charge >= 0.3 is 0 Å². The Bertz CT molecular complexity index is 505. The summed E-state index contributed by atoms with van der Waals surface area (Å²) in [6, 6.07) is 8.06. The molecule has 0 spiro atoms. The summed E-state index contributed by atoms with van der Waals surface area (Å²) in [5.74, 6) is 0. The van der Waals surface area contributed by atoms with Crippen molar-refractivity contribution in [2.45, 2.75) is 6.92 Å². The largest absolute Gasteiger partial charge is 0.349 e. The standard InChI is InChI=1S/C10H7BrN2/c1-6-7-3-2-4-8(11)10(7)9(5-12)13-6/h2-4,13H,1H3. The number of aromatic amines is 1. The lowest BCUT2D eigenvalue weighted by Gasteiger charge is -1.93. The molecule has 2 nitrogen and oxygen atoms in total. The van der Waals surface area contributed by atoms with Crippen molar-refractivity contribution in [3.8, 4) is 6.07 Å². The molecule has 1 aromatic heterocycles. The van der Waals surface area contributed by atoms with Crippen LogP contribution in [0, 0.1) is 18.3 Å². The second-order valence-electron chi connectivity index (χ2n) is 2.90. The molecule has 0 aliphatic carbocycles. The maximum Gasteiger partial charge on any atom is 0.126 e. The summed E-state index contributed by atoms with van der Waals surface area (Å²) in [5, 5.41) is 10.9. The molecule has 1 aromatic carbocycles. The third-order valence-electron chi connectivity index (χ3n) is 2.09. The maximum atomic E-state index is 8.87. The zero-order chi connectivity index (χ0) is 9.42. The number of H-pyrrole nitrogens is 1. The van der Waals surface area contributed by atoms with Gasteiger partial charge in [-0.1, -0.05) is 28.1 Å². The molecule has 0 unspecified atom stereocenters. The number of hydrogen-bond acceptors (Lipinski definition) is 1. The van der Waals surface area contributed by atoms with Crippen molar-refractivity contribution >= 4 is 26.7 Å². The number of hydrogen-bond donors (Lipinski definition) is 1. The van der Waals surface area contributed by atoms with Gasteiger partial charge in [-0.15, -0.1) is 0 Å². The minimum absolute atomic E-state index is 0.625. The molecule has 2 aromatic rings. The molecular formula is C10H7BrN2. The van der Waals surface area contributed by atoms with Crippen LogP contribution in [0.5, 0.6) is 0 Å². The Balaban J connectivity index is 2.99. The van der Waals surface area contributed by atoms with Crippen LogP contribution in [0.25, 0.3) is 10.8 Å². The van der Waals surface area contributed by atoms with E-state index in [9.17, 15) is 0 Å². The Morgan fingerprint density at radius 3 is 2.92 bits per heavy atom. The first kappa shape index (κ1) is 8.33. The predicted molar refractivity (Wildman–Crippen MR) is 55.5 cm³/mol. The van der Waals surface area contributed by atoms with Crippen molar-refractivity contribution in [1.29, 1.82) is 5.26 Å². The molecule has 0 radical (unpaired) electrons. The molecule has 0 saturated carbocycles. The first-order chi connectivity index (χ1) is 6.24. The zero-order valence-corrected chi connectivity index (χ0v) is 8.64. The Hall–Kier alpha value is -1.27. The summed E-state index contributed by atoms with van der Waals surface area (Å²) in [6.07, 6.45) is 0. The van der Waals surface area contributed by atoms with Crippen molar-refractivity contribution in [2.24, 2.45) is 0 Å². The molecule has 0 aliphatic heterocycles. The Labute approximate surface area is 84.3 Å². The highest BCUT2D eigenvalue weighted by Gasteiger charge is 2.08. The smallest absolute Gasteiger partial charge is 0.126 e. The van der Waals surface area contributed by atoms with E-state index in [0.717, 1.165) is 20.9 Å². The Morgan fingerprint density at radius 1 is 1.46 bits per heavy atom. The topological polar surface area (TPSA) is 39.6 Å². The zero-order valence-electron chi connectivity index (χ0n) is 7.06. The van der Waals surface area contributed by atoms with Crippen LogP contribution >= 0.6 is 15.9 Å². The average molecular weight is 235 g/mol. The average Bonchev–Trinajstić information content (AvgIpc) is 2.45. The van der Waals surface area contributed by atoms with Gasteiger partial charge < -0.3 is 4.98 Å². The highest BCUT2D eigenvalue weighted by Crippen LogP contribution is 2.28. The maximum absolute atomic E-state index is 8.87. The Morgan fingerprint density at radius 2 is 2.23 bits per heavy atom. The van der Waals surface area contributed by atoms with Gasteiger partial charge in [-0.3, -0.25) is 0 Å². The van der Waals surface area contributed by atoms with Crippen LogP contribution in [-0.2, 0) is 0 Å². The van der Waals surface area contributed by atoms with Gasteiger partial charge in [0.05, 0.1) is 0 Å². The van der Waals surface area contributed by atoms with Gasteiger partial charge in [-0.25, -0.2) is 0 Å². The van der Waals surface area contributed by atoms with Crippen LogP contribution in [0.1, 0.15) is 11.4 Å². The molecular weight excluding hydrogens is 228 g/mol. The van der Waals surface area contributed by atoms with Crippen molar-refractivity contribution < 1.29 is 0 Å². The molecule has 0 fully saturated rings. The lowest BCUT2D eigenvalue weighted by atomic mass is 10.1. The highest BCUT2D eigenvalue weighted by atomic mass is 79.9. The summed E-state index contributed by atoms with van der Waals surface area (Å²) in [7, 11) is 0. The van der Waals surface area contributed by atoms with E-state index in [-0.39, 0.29) is 0 Å². The highest BCUT2D eigenvalue weighted by molar-refractivity contribution is 9.10. The SMILES string of the molecule is Cc1[nH]c(C#N)c2c(Br)cccc12. The van der Waals surface area contributed by atoms with Crippen molar-refractivity contribution in [3.05, 3.63) is 34.1 Å². The lowest BCUT2D eigenvalue weighted by molar-refractivity contribution is 1.24. The van der Waals surface area contributed by atoms with Crippen LogP contribution in [0.15, 0.2) is 22.7 Å². The van der Waals surface area contributed by atoms with E-state index in [0.29, 0.717) is 5.69 Å². The molecule has 0 atom stereocenters. The van der Waals surface area contributed by atoms with E-state index in [4.69, 9.17) is 5.26 Å². The summed E-state index contributed by atoms with van der Waals surface area (Å²) in [6.45, 7) is 1.97. The number of nitrogens with zero attached hydrogens (tertiary/aromatic N) is 1. The first-order valence-corrected chi connectivity index (χ1v) is 4.70. The Kier molecular flexibility index (Phi) is 1.86. The fraction of sp³-hybridized carbons (Fsp3) is 0.100. The van der Waals surface area contributed by atoms with Crippen molar-refractivity contribution in [2.75, 3.05) is 0 Å². The molecule has 0 aliphatic rings. The van der Waals surface area contributed by atoms with Crippen molar-refractivity contribution in [1.82, 2.24) is 4.98 Å². The van der Waals surface area contributed by atoms with E-state index in [1.165, 1.54) is 0 Å². The molecule has 13 heavy (non-hydrogen) atoms. The fourth-order valence-corrected chi connectivity index (χ4v) is 2.06. The van der Waals surface area contributed by atoms with Gasteiger partial charge in [0.1, 0.15) is 11.8 Å². The van der Waals surface area contributed by atoms with Gasteiger partial charge in [0, 0.05) is 20.9 Å². The number of nitrogens with one attached hydrogen (secondary N) is 1. The fourth-order valence-electron chi connectivity index (χ4n) is 1.49. The van der Waals surface area contributed by atoms with Gasteiger partial charge in [0.15, 0.2) is 0 Å². The van der Waals surface area contributed by atoms with E-state index >= 15 is 0 Å². The van der Waals surface area contributed by atoms with Crippen LogP contribution in [0.3, 0.4) is 0 Å². The van der Waals surface area contributed by atoms with Crippen LogP contribution in [0.4, 0.5) is 0 Å². The van der Waals surface area contributed by atoms with E-state index < -0.39 is 0 Å². The summed E-state index contributed by atoms with van der Waals surface area (Å²) in [4.78, 5) is 3.05. The number of benzene rings is 1. The third-order valence-corrected chi connectivity index (χ3v) is 2.75. The van der Waals surface area contributed by atoms with Crippen molar-refractivity contribution in [3.63, 3.8) is 0 Å². The van der Waals surface area contributed by atoms with Crippen LogP contribution < -0.4 is 0 Å². The molecule has 0 saturated heterocycles. The van der Waals surface area contributed by atoms with Gasteiger partial charge in [0.2, 0.25) is 0 Å². The van der Waals surface area contributed by atoms with Gasteiger partial charge in [-0.05, 0) is 13.0 Å². The molecule has 1 heterocycles. The molecule has 64 valence electrons. The number of fused-ring (bicyclic) bond motifs is 1. The molecule has 3 heteroatoms. The van der Waals surface area contributed by atoms with E-state index in [2.05, 4.69) is 27.0 Å². The minimum Gasteiger partial charge on any atom is -0.349 e. The minimum atomic E-state index is 0.625. The number of nitriles is 1. The normalized spacial score (nSPS) is 10.2. The first-order valence-electron chi connectivity index (χ1n) is 3.91. The quantitative estimate of drug-likeness (QED) is 0.748. The number of aryl methyl sites for hydroxylation is 1. The van der Waals surface area contributed by atoms with Crippen LogP contribution in [0.2, 0.25) is 0 Å². The number of halogens is 1. The van der Waals surface area contributed by atoms with Gasteiger partial charge in [0.25, 0.3) is 0 Å². The third kappa shape index (κ3) is 1.14. The number of rotatable bonds is 0. The monoisotopic (exact) mass is 234 g/mol. The second kappa shape index (κ2) is 2.90.